The van der Waals surface area contributed by atoms with Gasteiger partial charge in [0, 0.05) is 6.42 Å². The summed E-state index contributed by atoms with van der Waals surface area (Å²) in [4.78, 5) is 20.2. The molecule has 0 bridgehead atoms. The van der Waals surface area contributed by atoms with Crippen LogP contribution in [0.4, 0.5) is 0 Å². The van der Waals surface area contributed by atoms with E-state index in [1.165, 1.54) is 6.66 Å². The molecule has 0 radical (unpaired) electrons. The first-order valence-corrected chi connectivity index (χ1v) is 4.46. The van der Waals surface area contributed by atoms with Crippen molar-refractivity contribution in [3.8, 4) is 0 Å². The lowest BCUT2D eigenvalue weighted by Crippen LogP contribution is -2.13. The molecule has 0 saturated heterocycles. The maximum atomic E-state index is 10.3. The second kappa shape index (κ2) is 4.93. The molecule has 0 spiro atoms. The molecule has 0 saturated carbocycles. The van der Waals surface area contributed by atoms with E-state index in [4.69, 9.17) is 5.11 Å². The van der Waals surface area contributed by atoms with Crippen molar-refractivity contribution < 1.29 is 23.8 Å². The quantitative estimate of drug-likeness (QED) is 0.488. The van der Waals surface area contributed by atoms with Crippen LogP contribution >= 0.6 is 8.03 Å². The molecule has 0 aromatic carbocycles. The van der Waals surface area contributed by atoms with Gasteiger partial charge in [-0.3, -0.25) is 4.79 Å². The van der Waals surface area contributed by atoms with E-state index in [-0.39, 0.29) is 13.0 Å². The number of Topliss-reactive ketones (excluding diaryl/α,β-unsaturated/α-hetero) is 1. The number of carbonyl (C=O) groups excluding carboxylic acids is 1. The highest BCUT2D eigenvalue weighted by Gasteiger charge is 2.14. The Morgan fingerprint density at radius 2 is 2.09 bits per heavy atom. The summed E-state index contributed by atoms with van der Waals surface area (Å²) in [5.41, 5.74) is 0. The lowest BCUT2D eigenvalue weighted by Gasteiger charge is -1.88. The highest BCUT2D eigenvalue weighted by molar-refractivity contribution is 7.38. The van der Waals surface area contributed by atoms with Gasteiger partial charge in [0.1, 0.15) is 6.61 Å². The van der Waals surface area contributed by atoms with Crippen LogP contribution in [0.1, 0.15) is 6.42 Å². The maximum absolute atomic E-state index is 10.3. The number of carboxylic acids is 1. The summed E-state index contributed by atoms with van der Waals surface area (Å²) < 4.78 is 14.8. The Morgan fingerprint density at radius 1 is 1.55 bits per heavy atom. The molecule has 11 heavy (non-hydrogen) atoms. The lowest BCUT2D eigenvalue weighted by molar-refractivity contribution is -0.149. The maximum Gasteiger partial charge on any atom is 0.504 e. The molecule has 0 aliphatic rings. The van der Waals surface area contributed by atoms with Gasteiger partial charge in [-0.2, -0.15) is 0 Å². The second-order valence-corrected chi connectivity index (χ2v) is 2.89. The molecule has 0 aromatic rings. The van der Waals surface area contributed by atoms with Gasteiger partial charge >= 0.3 is 14.0 Å². The van der Waals surface area contributed by atoms with Crippen molar-refractivity contribution in [2.75, 3.05) is 13.3 Å². The SMILES string of the molecule is C[P+](=O)OCCC(=O)C(=O)O. The smallest absolute Gasteiger partial charge is 0.475 e. The van der Waals surface area contributed by atoms with Crippen LogP contribution in [0.15, 0.2) is 0 Å². The van der Waals surface area contributed by atoms with Crippen molar-refractivity contribution in [3.63, 3.8) is 0 Å². The second-order valence-electron chi connectivity index (χ2n) is 1.75. The molecule has 6 heteroatoms. The fourth-order valence-electron chi connectivity index (χ4n) is 0.374. The largest absolute Gasteiger partial charge is 0.504 e. The molecule has 0 aliphatic heterocycles. The zero-order valence-electron chi connectivity index (χ0n) is 5.94. The third-order valence-electron chi connectivity index (χ3n) is 0.841. The Hall–Kier alpha value is -0.800. The summed E-state index contributed by atoms with van der Waals surface area (Å²) in [5.74, 6) is -2.42. The number of hydrogen-bond donors (Lipinski definition) is 1. The van der Waals surface area contributed by atoms with E-state index in [0.29, 0.717) is 0 Å². The van der Waals surface area contributed by atoms with E-state index < -0.39 is 19.8 Å². The van der Waals surface area contributed by atoms with Gasteiger partial charge in [0.25, 0.3) is 0 Å². The molecule has 0 aromatic heterocycles. The van der Waals surface area contributed by atoms with Crippen LogP contribution in [0.25, 0.3) is 0 Å². The van der Waals surface area contributed by atoms with E-state index in [2.05, 4.69) is 4.52 Å². The summed E-state index contributed by atoms with van der Waals surface area (Å²) in [7, 11) is -1.75. The van der Waals surface area contributed by atoms with E-state index >= 15 is 0 Å². The molecule has 1 unspecified atom stereocenters. The summed E-state index contributed by atoms with van der Waals surface area (Å²) in [5, 5.41) is 8.07. The molecule has 0 rings (SSSR count). The highest BCUT2D eigenvalue weighted by Crippen LogP contribution is 2.14. The van der Waals surface area contributed by atoms with Gasteiger partial charge in [-0.1, -0.05) is 0 Å². The zero-order valence-corrected chi connectivity index (χ0v) is 6.84. The first-order valence-electron chi connectivity index (χ1n) is 2.84. The van der Waals surface area contributed by atoms with Gasteiger partial charge in [0.15, 0.2) is 6.66 Å². The van der Waals surface area contributed by atoms with E-state index in [9.17, 15) is 14.2 Å². The number of carboxylic acid groups (broad SMARTS) is 1. The van der Waals surface area contributed by atoms with Crippen LogP contribution in [0.2, 0.25) is 0 Å². The first kappa shape index (κ1) is 10.2. The molecule has 0 aliphatic carbocycles. The molecular weight excluding hydrogens is 171 g/mol. The van der Waals surface area contributed by atoms with Crippen molar-refractivity contribution in [2.45, 2.75) is 6.42 Å². The zero-order chi connectivity index (χ0) is 8.85. The third-order valence-corrected chi connectivity index (χ3v) is 1.39. The van der Waals surface area contributed by atoms with Gasteiger partial charge in [0.2, 0.25) is 5.78 Å². The molecule has 0 heterocycles. The fraction of sp³-hybridized carbons (Fsp3) is 0.600. The van der Waals surface area contributed by atoms with Crippen molar-refractivity contribution in [3.05, 3.63) is 0 Å². The monoisotopic (exact) mass is 179 g/mol. The minimum absolute atomic E-state index is 0.100. The Morgan fingerprint density at radius 3 is 2.45 bits per heavy atom. The normalized spacial score (nSPS) is 10.8. The molecule has 0 amide bonds. The van der Waals surface area contributed by atoms with Crippen LogP contribution in [0.3, 0.4) is 0 Å². The number of carbonyl (C=O) groups is 2. The van der Waals surface area contributed by atoms with Crippen LogP contribution in [-0.4, -0.2) is 30.1 Å². The lowest BCUT2D eigenvalue weighted by atomic mass is 10.3. The van der Waals surface area contributed by atoms with Crippen LogP contribution in [0.5, 0.6) is 0 Å². The van der Waals surface area contributed by atoms with Gasteiger partial charge in [-0.25, -0.2) is 4.79 Å². The molecular formula is C5H8O5P+. The predicted octanol–water partition coefficient (Wildman–Crippen LogP) is 0.419. The van der Waals surface area contributed by atoms with Gasteiger partial charge in [0.05, 0.1) is 0 Å². The Bertz CT molecular complexity index is 187. The summed E-state index contributed by atoms with van der Waals surface area (Å²) in [6.07, 6.45) is -0.232. The third kappa shape index (κ3) is 5.63. The predicted molar refractivity (Wildman–Crippen MR) is 36.7 cm³/mol. The number of ketones is 1. The highest BCUT2D eigenvalue weighted by atomic mass is 31.1. The van der Waals surface area contributed by atoms with Gasteiger partial charge < -0.3 is 5.11 Å². The molecule has 5 nitrogen and oxygen atoms in total. The molecule has 1 N–H and O–H groups in total. The summed E-state index contributed by atoms with van der Waals surface area (Å²) in [6.45, 7) is 1.23. The van der Waals surface area contributed by atoms with Crippen LogP contribution in [0, 0.1) is 0 Å². The van der Waals surface area contributed by atoms with Gasteiger partial charge in [-0.15, -0.1) is 4.52 Å². The number of rotatable bonds is 5. The van der Waals surface area contributed by atoms with Crippen LogP contribution < -0.4 is 0 Å². The Labute approximate surface area is 64.2 Å². The Kier molecular flexibility index (Phi) is 4.57. The van der Waals surface area contributed by atoms with Crippen molar-refractivity contribution in [2.24, 2.45) is 0 Å². The molecule has 0 fully saturated rings. The van der Waals surface area contributed by atoms with E-state index in [1.54, 1.807) is 0 Å². The molecule has 1 atom stereocenters. The fourth-order valence-corrected chi connectivity index (χ4v) is 0.722. The minimum atomic E-state index is -1.75. The van der Waals surface area contributed by atoms with Crippen molar-refractivity contribution in [1.82, 2.24) is 0 Å². The van der Waals surface area contributed by atoms with Gasteiger partial charge in [-0.05, 0) is 4.57 Å². The topological polar surface area (TPSA) is 80.7 Å². The molecule has 62 valence electrons. The average molecular weight is 179 g/mol. The first-order chi connectivity index (χ1) is 5.04. The Balaban J connectivity index is 3.47. The van der Waals surface area contributed by atoms with Crippen molar-refractivity contribution >= 4 is 19.8 Å². The van der Waals surface area contributed by atoms with E-state index in [0.717, 1.165) is 0 Å². The number of aliphatic carboxylic acids is 1. The number of hydrogen-bond acceptors (Lipinski definition) is 4. The average Bonchev–Trinajstić information content (AvgIpc) is 1.86. The minimum Gasteiger partial charge on any atom is -0.475 e. The standard InChI is InChI=1S/C5H7O5P/c1-11(9)10-3-2-4(6)5(7)8/h2-3H2,1H3/p+1. The van der Waals surface area contributed by atoms with Crippen LogP contribution in [-0.2, 0) is 18.7 Å². The summed E-state index contributed by atoms with van der Waals surface area (Å²) in [6, 6.07) is 0. The summed E-state index contributed by atoms with van der Waals surface area (Å²) >= 11 is 0. The van der Waals surface area contributed by atoms with Crippen molar-refractivity contribution in [1.29, 1.82) is 0 Å². The van der Waals surface area contributed by atoms with E-state index in [1.807, 2.05) is 0 Å².